The Hall–Kier alpha value is -0.630. The predicted octanol–water partition coefficient (Wildman–Crippen LogP) is 8.11. The van der Waals surface area contributed by atoms with Crippen LogP contribution in [0.15, 0.2) is 12.2 Å². The smallest absolute Gasteiger partial charge is 0.143 e. The van der Waals surface area contributed by atoms with E-state index in [-0.39, 0.29) is 5.78 Å². The van der Waals surface area contributed by atoms with Crippen LogP contribution in [0, 0.1) is 0 Å². The van der Waals surface area contributed by atoms with Gasteiger partial charge in [0.1, 0.15) is 5.78 Å². The minimum absolute atomic E-state index is 0.289. The maximum Gasteiger partial charge on any atom is 0.143 e. The van der Waals surface area contributed by atoms with Crippen molar-refractivity contribution in [3.63, 3.8) is 0 Å². The highest BCUT2D eigenvalue weighted by Crippen LogP contribution is 2.15. The lowest BCUT2D eigenvalue weighted by Crippen LogP contribution is -2.31. The third-order valence-electron chi connectivity index (χ3n) is 5.69. The Morgan fingerprint density at radius 1 is 0.643 bits per heavy atom. The van der Waals surface area contributed by atoms with Gasteiger partial charge in [0, 0.05) is 6.54 Å². The average Bonchev–Trinajstić information content (AvgIpc) is 2.66. The standard InChI is InChI=1S/C26H51NO/c1-5-7-9-11-13-14-16-18-20-25(3)21-23-27(24-26(4)28)22-19-17-15-12-10-8-6-2/h3,5-24H2,1-2,4H3. The summed E-state index contributed by atoms with van der Waals surface area (Å²) in [5.41, 5.74) is 1.37. The van der Waals surface area contributed by atoms with E-state index in [0.717, 1.165) is 19.5 Å². The zero-order chi connectivity index (χ0) is 20.9. The fraction of sp³-hybridized carbons (Fsp3) is 0.885. The van der Waals surface area contributed by atoms with Crippen molar-refractivity contribution in [1.82, 2.24) is 4.90 Å². The first-order chi connectivity index (χ1) is 13.6. The number of nitrogens with zero attached hydrogens (tertiary/aromatic N) is 1. The minimum atomic E-state index is 0.289. The second-order valence-electron chi connectivity index (χ2n) is 8.82. The second-order valence-corrected chi connectivity index (χ2v) is 8.82. The van der Waals surface area contributed by atoms with E-state index in [0.29, 0.717) is 6.54 Å². The third-order valence-corrected chi connectivity index (χ3v) is 5.69. The molecule has 0 saturated carbocycles. The van der Waals surface area contributed by atoms with E-state index in [1.807, 2.05) is 0 Å². The summed E-state index contributed by atoms with van der Waals surface area (Å²) in [6.07, 6.45) is 22.5. The van der Waals surface area contributed by atoms with Gasteiger partial charge in [0.25, 0.3) is 0 Å². The predicted molar refractivity (Wildman–Crippen MR) is 126 cm³/mol. The first-order valence-electron chi connectivity index (χ1n) is 12.5. The van der Waals surface area contributed by atoms with Gasteiger partial charge in [-0.05, 0) is 39.2 Å². The molecule has 0 rings (SSSR count). The summed E-state index contributed by atoms with van der Waals surface area (Å²) in [4.78, 5) is 13.9. The van der Waals surface area contributed by atoms with Gasteiger partial charge in [0.2, 0.25) is 0 Å². The largest absolute Gasteiger partial charge is 0.299 e. The Morgan fingerprint density at radius 3 is 1.61 bits per heavy atom. The van der Waals surface area contributed by atoms with Crippen LogP contribution in [0.3, 0.4) is 0 Å². The molecule has 0 bridgehead atoms. The van der Waals surface area contributed by atoms with E-state index < -0.39 is 0 Å². The van der Waals surface area contributed by atoms with Gasteiger partial charge in [-0.25, -0.2) is 0 Å². The van der Waals surface area contributed by atoms with Crippen LogP contribution in [0.25, 0.3) is 0 Å². The maximum absolute atomic E-state index is 11.6. The molecule has 0 atom stereocenters. The van der Waals surface area contributed by atoms with Gasteiger partial charge in [-0.3, -0.25) is 9.69 Å². The van der Waals surface area contributed by atoms with Crippen LogP contribution in [-0.4, -0.2) is 30.3 Å². The van der Waals surface area contributed by atoms with E-state index in [4.69, 9.17) is 0 Å². The molecule has 0 aliphatic heterocycles. The van der Waals surface area contributed by atoms with E-state index in [2.05, 4.69) is 25.3 Å². The molecule has 0 saturated heterocycles. The van der Waals surface area contributed by atoms with E-state index in [9.17, 15) is 4.79 Å². The Kier molecular flexibility index (Phi) is 20.6. The monoisotopic (exact) mass is 393 g/mol. The number of hydrogen-bond donors (Lipinski definition) is 0. The van der Waals surface area contributed by atoms with Crippen LogP contribution < -0.4 is 0 Å². The van der Waals surface area contributed by atoms with Gasteiger partial charge in [0.05, 0.1) is 6.54 Å². The Morgan fingerprint density at radius 2 is 1.11 bits per heavy atom. The van der Waals surface area contributed by atoms with Crippen LogP contribution in [-0.2, 0) is 4.79 Å². The SMILES string of the molecule is C=C(CCCCCCCCCC)CCN(CCCCCCCCC)CC(C)=O. The minimum Gasteiger partial charge on any atom is -0.299 e. The van der Waals surface area contributed by atoms with Crippen molar-refractivity contribution in [2.45, 2.75) is 130 Å². The summed E-state index contributed by atoms with van der Waals surface area (Å²) in [6.45, 7) is 13.2. The lowest BCUT2D eigenvalue weighted by molar-refractivity contribution is -0.118. The van der Waals surface area contributed by atoms with Gasteiger partial charge in [-0.15, -0.1) is 0 Å². The zero-order valence-corrected chi connectivity index (χ0v) is 19.7. The fourth-order valence-electron chi connectivity index (χ4n) is 3.83. The third kappa shape index (κ3) is 20.1. The van der Waals surface area contributed by atoms with Crippen LogP contribution >= 0.6 is 0 Å². The number of Topliss-reactive ketones (excluding diaryl/α,β-unsaturated/α-hetero) is 1. The van der Waals surface area contributed by atoms with Crippen molar-refractivity contribution in [2.24, 2.45) is 0 Å². The van der Waals surface area contributed by atoms with Gasteiger partial charge in [0.15, 0.2) is 0 Å². The Labute approximate surface area is 177 Å². The molecule has 0 N–H and O–H groups in total. The molecule has 2 nitrogen and oxygen atoms in total. The topological polar surface area (TPSA) is 20.3 Å². The van der Waals surface area contributed by atoms with Gasteiger partial charge in [-0.2, -0.15) is 0 Å². The van der Waals surface area contributed by atoms with Crippen molar-refractivity contribution in [1.29, 1.82) is 0 Å². The van der Waals surface area contributed by atoms with Crippen molar-refractivity contribution >= 4 is 5.78 Å². The molecule has 0 heterocycles. The van der Waals surface area contributed by atoms with Crippen molar-refractivity contribution in [2.75, 3.05) is 19.6 Å². The maximum atomic E-state index is 11.6. The van der Waals surface area contributed by atoms with E-state index in [1.54, 1.807) is 6.92 Å². The normalized spacial score (nSPS) is 11.3. The van der Waals surface area contributed by atoms with Gasteiger partial charge in [-0.1, -0.05) is 109 Å². The van der Waals surface area contributed by atoms with Gasteiger partial charge >= 0.3 is 0 Å². The van der Waals surface area contributed by atoms with Crippen LogP contribution in [0.2, 0.25) is 0 Å². The molecule has 0 radical (unpaired) electrons. The number of unbranched alkanes of at least 4 members (excludes halogenated alkanes) is 13. The summed E-state index contributed by atoms with van der Waals surface area (Å²) >= 11 is 0. The molecule has 0 aromatic carbocycles. The summed E-state index contributed by atoms with van der Waals surface area (Å²) in [5, 5.41) is 0. The number of hydrogen-bond acceptors (Lipinski definition) is 2. The summed E-state index contributed by atoms with van der Waals surface area (Å²) in [6, 6.07) is 0. The van der Waals surface area contributed by atoms with Crippen LogP contribution in [0.5, 0.6) is 0 Å². The zero-order valence-electron chi connectivity index (χ0n) is 19.7. The lowest BCUT2D eigenvalue weighted by Gasteiger charge is -2.21. The van der Waals surface area contributed by atoms with Gasteiger partial charge < -0.3 is 0 Å². The summed E-state index contributed by atoms with van der Waals surface area (Å²) < 4.78 is 0. The molecule has 0 amide bonds. The Balaban J connectivity index is 3.76. The molecule has 28 heavy (non-hydrogen) atoms. The van der Waals surface area contributed by atoms with E-state index >= 15 is 0 Å². The molecule has 0 unspecified atom stereocenters. The van der Waals surface area contributed by atoms with Crippen LogP contribution in [0.1, 0.15) is 130 Å². The number of rotatable bonds is 22. The van der Waals surface area contributed by atoms with Crippen molar-refractivity contribution in [3.05, 3.63) is 12.2 Å². The van der Waals surface area contributed by atoms with Crippen molar-refractivity contribution in [3.8, 4) is 0 Å². The molecule has 0 aromatic heterocycles. The molecular weight excluding hydrogens is 342 g/mol. The molecule has 0 aromatic rings. The molecular formula is C26H51NO. The number of carbonyl (C=O) groups is 1. The first-order valence-corrected chi connectivity index (χ1v) is 12.5. The Bertz CT molecular complexity index is 363. The highest BCUT2D eigenvalue weighted by molar-refractivity contribution is 5.77. The molecule has 2 heteroatoms. The molecule has 166 valence electrons. The first kappa shape index (κ1) is 27.4. The lowest BCUT2D eigenvalue weighted by atomic mass is 10.0. The average molecular weight is 394 g/mol. The highest BCUT2D eigenvalue weighted by Gasteiger charge is 2.08. The fourth-order valence-corrected chi connectivity index (χ4v) is 3.83. The summed E-state index contributed by atoms with van der Waals surface area (Å²) in [7, 11) is 0. The molecule has 0 aliphatic carbocycles. The number of carbonyl (C=O) groups excluding carboxylic acids is 1. The van der Waals surface area contributed by atoms with E-state index in [1.165, 1.54) is 108 Å². The highest BCUT2D eigenvalue weighted by atomic mass is 16.1. The molecule has 0 aliphatic rings. The number of ketones is 1. The molecule has 0 spiro atoms. The van der Waals surface area contributed by atoms with Crippen LogP contribution in [0.4, 0.5) is 0 Å². The second kappa shape index (κ2) is 21.1. The molecule has 0 fully saturated rings. The quantitative estimate of drug-likeness (QED) is 0.137. The van der Waals surface area contributed by atoms with Crippen molar-refractivity contribution < 1.29 is 4.79 Å². The summed E-state index contributed by atoms with van der Waals surface area (Å²) in [5.74, 6) is 0.289.